The van der Waals surface area contributed by atoms with Gasteiger partial charge >= 0.3 is 0 Å². The molecule has 0 aliphatic rings. The molecule has 3 rings (SSSR count). The van der Waals surface area contributed by atoms with Crippen molar-refractivity contribution in [3.63, 3.8) is 0 Å². The van der Waals surface area contributed by atoms with Crippen molar-refractivity contribution in [1.82, 2.24) is 5.32 Å². The van der Waals surface area contributed by atoms with E-state index in [-0.39, 0.29) is 11.0 Å². The fourth-order valence-electron chi connectivity index (χ4n) is 2.37. The van der Waals surface area contributed by atoms with Crippen LogP contribution in [-0.2, 0) is 0 Å². The van der Waals surface area contributed by atoms with E-state index >= 15 is 0 Å². The minimum absolute atomic E-state index is 0.0876. The van der Waals surface area contributed by atoms with Crippen LogP contribution < -0.4 is 10.6 Å². The monoisotopic (exact) mass is 358 g/mol. The van der Waals surface area contributed by atoms with Crippen LogP contribution in [-0.4, -0.2) is 11.0 Å². The first-order valence-electron chi connectivity index (χ1n) is 7.10. The maximum atomic E-state index is 13.2. The van der Waals surface area contributed by atoms with Gasteiger partial charge in [-0.2, -0.15) is 0 Å². The van der Waals surface area contributed by atoms with E-state index in [1.807, 2.05) is 12.1 Å². The minimum atomic E-state index is -0.391. The summed E-state index contributed by atoms with van der Waals surface area (Å²) < 4.78 is 13.2. The topological polar surface area (TPSA) is 41.1 Å². The zero-order chi connectivity index (χ0) is 17.1. The molecular formula is C18H12ClFN2OS. The van der Waals surface area contributed by atoms with Crippen molar-refractivity contribution in [3.8, 4) is 0 Å². The molecule has 0 aliphatic carbocycles. The Morgan fingerprint density at radius 1 is 1.00 bits per heavy atom. The smallest absolute Gasteiger partial charge is 0.258 e. The average molecular weight is 359 g/mol. The lowest BCUT2D eigenvalue weighted by Gasteiger charge is -2.11. The van der Waals surface area contributed by atoms with Crippen molar-refractivity contribution in [2.75, 3.05) is 5.32 Å². The van der Waals surface area contributed by atoms with Crippen LogP contribution >= 0.6 is 23.8 Å². The van der Waals surface area contributed by atoms with Gasteiger partial charge in [0.05, 0.1) is 0 Å². The van der Waals surface area contributed by atoms with E-state index in [1.165, 1.54) is 12.1 Å². The van der Waals surface area contributed by atoms with Gasteiger partial charge in [0.2, 0.25) is 0 Å². The maximum absolute atomic E-state index is 13.2. The molecule has 1 amide bonds. The SMILES string of the molecule is O=C(NC(=S)Nc1cccc(F)c1)c1cccc2c(Cl)cccc12. The number of carbonyl (C=O) groups excluding carboxylic acids is 1. The summed E-state index contributed by atoms with van der Waals surface area (Å²) in [7, 11) is 0. The van der Waals surface area contributed by atoms with E-state index in [0.717, 1.165) is 10.8 Å². The molecule has 0 saturated carbocycles. The number of amides is 1. The Bertz CT molecular complexity index is 945. The molecule has 0 saturated heterocycles. The second-order valence-electron chi connectivity index (χ2n) is 5.06. The summed E-state index contributed by atoms with van der Waals surface area (Å²) in [5.74, 6) is -0.755. The number of hydrogen-bond donors (Lipinski definition) is 2. The van der Waals surface area contributed by atoms with Crippen LogP contribution in [0.25, 0.3) is 10.8 Å². The molecule has 3 nitrogen and oxygen atoms in total. The fourth-order valence-corrected chi connectivity index (χ4v) is 2.82. The van der Waals surface area contributed by atoms with Crippen molar-refractivity contribution >= 4 is 51.3 Å². The van der Waals surface area contributed by atoms with E-state index in [4.69, 9.17) is 23.8 Å². The lowest BCUT2D eigenvalue weighted by Crippen LogP contribution is -2.34. The third-order valence-corrected chi connectivity index (χ3v) is 3.96. The van der Waals surface area contributed by atoms with Gasteiger partial charge in [-0.1, -0.05) is 41.9 Å². The van der Waals surface area contributed by atoms with Gasteiger partial charge in [0, 0.05) is 21.7 Å². The molecule has 120 valence electrons. The molecule has 0 unspecified atom stereocenters. The number of hydrogen-bond acceptors (Lipinski definition) is 2. The minimum Gasteiger partial charge on any atom is -0.332 e. The Morgan fingerprint density at radius 2 is 1.71 bits per heavy atom. The summed E-state index contributed by atoms with van der Waals surface area (Å²) in [5, 5.41) is 7.55. The van der Waals surface area contributed by atoms with Crippen molar-refractivity contribution in [3.05, 3.63) is 77.1 Å². The number of nitrogens with one attached hydrogen (secondary N) is 2. The lowest BCUT2D eigenvalue weighted by molar-refractivity contribution is 0.0979. The molecular weight excluding hydrogens is 347 g/mol. The molecule has 0 spiro atoms. The highest BCUT2D eigenvalue weighted by Crippen LogP contribution is 2.25. The van der Waals surface area contributed by atoms with E-state index in [2.05, 4.69) is 10.6 Å². The Labute approximate surface area is 148 Å². The lowest BCUT2D eigenvalue weighted by atomic mass is 10.0. The highest BCUT2D eigenvalue weighted by atomic mass is 35.5. The summed E-state index contributed by atoms with van der Waals surface area (Å²) in [5.41, 5.74) is 0.916. The van der Waals surface area contributed by atoms with Gasteiger partial charge in [0.25, 0.3) is 5.91 Å². The summed E-state index contributed by atoms with van der Waals surface area (Å²) in [6.07, 6.45) is 0. The first-order valence-corrected chi connectivity index (χ1v) is 7.88. The van der Waals surface area contributed by atoms with E-state index in [1.54, 1.807) is 36.4 Å². The third-order valence-electron chi connectivity index (χ3n) is 3.42. The molecule has 0 aliphatic heterocycles. The van der Waals surface area contributed by atoms with Crippen molar-refractivity contribution in [1.29, 1.82) is 0 Å². The van der Waals surface area contributed by atoms with Crippen LogP contribution in [0.1, 0.15) is 10.4 Å². The van der Waals surface area contributed by atoms with Crippen LogP contribution in [0.3, 0.4) is 0 Å². The van der Waals surface area contributed by atoms with E-state index < -0.39 is 5.82 Å². The molecule has 0 bridgehead atoms. The van der Waals surface area contributed by atoms with Gasteiger partial charge < -0.3 is 5.32 Å². The molecule has 0 heterocycles. The number of fused-ring (bicyclic) bond motifs is 1. The maximum Gasteiger partial charge on any atom is 0.258 e. The Morgan fingerprint density at radius 3 is 2.50 bits per heavy atom. The molecule has 0 aromatic heterocycles. The van der Waals surface area contributed by atoms with Crippen LogP contribution in [0.2, 0.25) is 5.02 Å². The summed E-state index contributed by atoms with van der Waals surface area (Å²) in [6, 6.07) is 16.5. The summed E-state index contributed by atoms with van der Waals surface area (Å²) >= 11 is 11.3. The Hall–Kier alpha value is -2.50. The Kier molecular flexibility index (Phi) is 4.74. The van der Waals surface area contributed by atoms with Crippen LogP contribution in [0.15, 0.2) is 60.7 Å². The first kappa shape index (κ1) is 16.4. The van der Waals surface area contributed by atoms with Crippen molar-refractivity contribution in [2.45, 2.75) is 0 Å². The summed E-state index contributed by atoms with van der Waals surface area (Å²) in [4.78, 5) is 12.5. The zero-order valence-corrected chi connectivity index (χ0v) is 13.9. The number of thiocarbonyl (C=S) groups is 1. The molecule has 24 heavy (non-hydrogen) atoms. The van der Waals surface area contributed by atoms with Crippen molar-refractivity contribution in [2.24, 2.45) is 0 Å². The molecule has 3 aromatic carbocycles. The second-order valence-corrected chi connectivity index (χ2v) is 5.87. The number of halogens is 2. The standard InChI is InChI=1S/C18H12ClFN2OS/c19-16-9-3-6-13-14(16)7-2-8-15(13)17(23)22-18(24)21-12-5-1-4-11(20)10-12/h1-10H,(H2,21,22,23,24). The van der Waals surface area contributed by atoms with Gasteiger partial charge in [-0.05, 0) is 47.9 Å². The highest BCUT2D eigenvalue weighted by molar-refractivity contribution is 7.80. The zero-order valence-electron chi connectivity index (χ0n) is 12.3. The molecule has 2 N–H and O–H groups in total. The third kappa shape index (κ3) is 3.53. The summed E-state index contributed by atoms with van der Waals surface area (Å²) in [6.45, 7) is 0. The number of rotatable bonds is 2. The second kappa shape index (κ2) is 6.95. The highest BCUT2D eigenvalue weighted by Gasteiger charge is 2.12. The first-order chi connectivity index (χ1) is 11.5. The quantitative estimate of drug-likeness (QED) is 0.649. The van der Waals surface area contributed by atoms with Gasteiger partial charge in [-0.25, -0.2) is 4.39 Å². The van der Waals surface area contributed by atoms with Gasteiger partial charge in [0.1, 0.15) is 5.82 Å². The molecule has 0 radical (unpaired) electrons. The van der Waals surface area contributed by atoms with E-state index in [0.29, 0.717) is 16.3 Å². The largest absolute Gasteiger partial charge is 0.332 e. The van der Waals surface area contributed by atoms with Crippen molar-refractivity contribution < 1.29 is 9.18 Å². The van der Waals surface area contributed by atoms with Crippen LogP contribution in [0.5, 0.6) is 0 Å². The number of carbonyl (C=O) groups is 1. The van der Waals surface area contributed by atoms with Crippen LogP contribution in [0, 0.1) is 5.82 Å². The molecule has 6 heteroatoms. The normalized spacial score (nSPS) is 10.4. The van der Waals surface area contributed by atoms with E-state index in [9.17, 15) is 9.18 Å². The molecule has 0 atom stereocenters. The van der Waals surface area contributed by atoms with Gasteiger partial charge in [-0.15, -0.1) is 0 Å². The predicted octanol–water partition coefficient (Wildman–Crippen LogP) is 4.76. The Balaban J connectivity index is 1.80. The van der Waals surface area contributed by atoms with Crippen LogP contribution in [0.4, 0.5) is 10.1 Å². The van der Waals surface area contributed by atoms with Gasteiger partial charge in [0.15, 0.2) is 5.11 Å². The predicted molar refractivity (Wildman–Crippen MR) is 99.0 cm³/mol. The fraction of sp³-hybridized carbons (Fsp3) is 0. The molecule has 3 aromatic rings. The molecule has 0 fully saturated rings. The average Bonchev–Trinajstić information content (AvgIpc) is 2.54. The van der Waals surface area contributed by atoms with Gasteiger partial charge in [-0.3, -0.25) is 10.1 Å². The number of benzene rings is 3. The number of anilines is 1.